The molecule has 0 radical (unpaired) electrons. The summed E-state index contributed by atoms with van der Waals surface area (Å²) < 4.78 is 11.5. The summed E-state index contributed by atoms with van der Waals surface area (Å²) in [5.74, 6) is -0.318. The van der Waals surface area contributed by atoms with Crippen LogP contribution in [0.1, 0.15) is 29.5 Å². The number of carbonyl (C=O) groups is 1. The van der Waals surface area contributed by atoms with E-state index in [0.717, 1.165) is 0 Å². The quantitative estimate of drug-likeness (QED) is 0.782. The van der Waals surface area contributed by atoms with Crippen LogP contribution in [0.2, 0.25) is 0 Å². The van der Waals surface area contributed by atoms with E-state index >= 15 is 0 Å². The first-order chi connectivity index (χ1) is 9.60. The molecule has 0 N–H and O–H groups in total. The molecule has 2 heterocycles. The van der Waals surface area contributed by atoms with E-state index in [4.69, 9.17) is 14.4 Å². The molecular formula is C13H13N3O4. The third-order valence-corrected chi connectivity index (χ3v) is 2.80. The highest BCUT2D eigenvalue weighted by Crippen LogP contribution is 2.21. The van der Waals surface area contributed by atoms with Crippen molar-refractivity contribution in [3.8, 4) is 6.07 Å². The zero-order valence-corrected chi connectivity index (χ0v) is 11.2. The van der Waals surface area contributed by atoms with Crippen LogP contribution < -0.4 is 5.56 Å². The highest BCUT2D eigenvalue weighted by atomic mass is 16.5. The van der Waals surface area contributed by atoms with Gasteiger partial charge in [-0.05, 0) is 13.8 Å². The van der Waals surface area contributed by atoms with Gasteiger partial charge in [0.05, 0.1) is 19.1 Å². The molecule has 2 aromatic rings. The second-order valence-electron chi connectivity index (χ2n) is 4.09. The van der Waals surface area contributed by atoms with Gasteiger partial charge in [-0.15, -0.1) is 0 Å². The van der Waals surface area contributed by atoms with Crippen LogP contribution >= 0.6 is 0 Å². The Morgan fingerprint density at radius 3 is 3.00 bits per heavy atom. The van der Waals surface area contributed by atoms with Crippen molar-refractivity contribution in [2.45, 2.75) is 26.8 Å². The van der Waals surface area contributed by atoms with Gasteiger partial charge in [0.2, 0.25) is 5.71 Å². The third kappa shape index (κ3) is 2.28. The van der Waals surface area contributed by atoms with Crippen LogP contribution in [-0.2, 0) is 11.3 Å². The van der Waals surface area contributed by atoms with Crippen molar-refractivity contribution in [1.29, 1.82) is 5.26 Å². The standard InChI is InChI=1S/C13H13N3O4/c1-3-19-13(18)9-8(2)20-11-10(9)12(17)16(7-15-11)6-4-5-14/h7H,3-4,6H2,1-2H3. The average molecular weight is 275 g/mol. The lowest BCUT2D eigenvalue weighted by Gasteiger charge is -2.02. The van der Waals surface area contributed by atoms with Gasteiger partial charge in [0, 0.05) is 6.54 Å². The number of furan rings is 1. The second-order valence-corrected chi connectivity index (χ2v) is 4.09. The Balaban J connectivity index is 2.63. The molecule has 104 valence electrons. The fourth-order valence-corrected chi connectivity index (χ4v) is 1.92. The van der Waals surface area contributed by atoms with Crippen molar-refractivity contribution in [2.24, 2.45) is 0 Å². The molecule has 0 unspecified atom stereocenters. The Morgan fingerprint density at radius 1 is 1.60 bits per heavy atom. The number of aryl methyl sites for hydroxylation is 2. The molecule has 0 aliphatic rings. The number of aromatic nitrogens is 2. The molecule has 7 heteroatoms. The molecule has 0 aliphatic heterocycles. The Labute approximate surface area is 114 Å². The summed E-state index contributed by atoms with van der Waals surface area (Å²) in [6.07, 6.45) is 1.48. The second kappa shape index (κ2) is 5.57. The molecule has 2 aromatic heterocycles. The maximum absolute atomic E-state index is 12.3. The molecule has 0 saturated carbocycles. The number of ether oxygens (including phenoxy) is 1. The van der Waals surface area contributed by atoms with E-state index in [1.165, 1.54) is 10.9 Å². The molecule has 0 bridgehead atoms. The first-order valence-corrected chi connectivity index (χ1v) is 6.12. The molecule has 0 aliphatic carbocycles. The molecule has 20 heavy (non-hydrogen) atoms. The molecule has 2 rings (SSSR count). The topological polar surface area (TPSA) is 98.1 Å². The molecule has 0 amide bonds. The van der Waals surface area contributed by atoms with E-state index in [2.05, 4.69) is 4.98 Å². The van der Waals surface area contributed by atoms with E-state index in [0.29, 0.717) is 5.76 Å². The van der Waals surface area contributed by atoms with Crippen molar-refractivity contribution < 1.29 is 13.9 Å². The smallest absolute Gasteiger partial charge is 0.342 e. The minimum atomic E-state index is -0.610. The van der Waals surface area contributed by atoms with Gasteiger partial charge in [0.25, 0.3) is 5.56 Å². The monoisotopic (exact) mass is 275 g/mol. The summed E-state index contributed by atoms with van der Waals surface area (Å²) in [5, 5.41) is 8.67. The number of hydrogen-bond acceptors (Lipinski definition) is 6. The minimum Gasteiger partial charge on any atom is -0.462 e. The minimum absolute atomic E-state index is 0.0985. The summed E-state index contributed by atoms with van der Waals surface area (Å²) >= 11 is 0. The van der Waals surface area contributed by atoms with E-state index in [1.54, 1.807) is 13.8 Å². The van der Waals surface area contributed by atoms with Crippen LogP contribution in [0.25, 0.3) is 11.1 Å². The van der Waals surface area contributed by atoms with Crippen molar-refractivity contribution in [3.63, 3.8) is 0 Å². The van der Waals surface area contributed by atoms with Gasteiger partial charge in [-0.3, -0.25) is 9.36 Å². The predicted octanol–water partition coefficient (Wildman–Crippen LogP) is 1.39. The SMILES string of the molecule is CCOC(=O)c1c(C)oc2ncn(CCC#N)c(=O)c12. The summed E-state index contributed by atoms with van der Waals surface area (Å²) in [7, 11) is 0. The summed E-state index contributed by atoms with van der Waals surface area (Å²) in [5.41, 5.74) is -0.209. The van der Waals surface area contributed by atoms with Crippen LogP contribution in [0.3, 0.4) is 0 Å². The van der Waals surface area contributed by atoms with Gasteiger partial charge >= 0.3 is 5.97 Å². The van der Waals surface area contributed by atoms with Gasteiger partial charge in [-0.2, -0.15) is 5.26 Å². The van der Waals surface area contributed by atoms with Gasteiger partial charge in [-0.25, -0.2) is 9.78 Å². The zero-order chi connectivity index (χ0) is 14.7. The fourth-order valence-electron chi connectivity index (χ4n) is 1.92. The fraction of sp³-hybridized carbons (Fsp3) is 0.385. The summed E-state index contributed by atoms with van der Waals surface area (Å²) in [6.45, 7) is 3.67. The van der Waals surface area contributed by atoms with Crippen molar-refractivity contribution in [1.82, 2.24) is 9.55 Å². The van der Waals surface area contributed by atoms with Crippen LogP contribution in [0.4, 0.5) is 0 Å². The molecular weight excluding hydrogens is 262 g/mol. The summed E-state index contributed by atoms with van der Waals surface area (Å²) in [4.78, 5) is 28.2. The first kappa shape index (κ1) is 13.8. The number of nitrogens with zero attached hydrogens (tertiary/aromatic N) is 3. The number of nitriles is 1. The molecule has 0 atom stereocenters. The highest BCUT2D eigenvalue weighted by molar-refractivity contribution is 6.03. The Morgan fingerprint density at radius 2 is 2.35 bits per heavy atom. The number of carbonyl (C=O) groups excluding carboxylic acids is 1. The van der Waals surface area contributed by atoms with E-state index in [1.807, 2.05) is 6.07 Å². The van der Waals surface area contributed by atoms with E-state index in [9.17, 15) is 9.59 Å². The third-order valence-electron chi connectivity index (χ3n) is 2.80. The van der Waals surface area contributed by atoms with Crippen molar-refractivity contribution in [2.75, 3.05) is 6.61 Å². The van der Waals surface area contributed by atoms with Gasteiger partial charge in [0.15, 0.2) is 0 Å². The number of hydrogen-bond donors (Lipinski definition) is 0. The number of esters is 1. The number of rotatable bonds is 4. The van der Waals surface area contributed by atoms with E-state index in [-0.39, 0.29) is 36.2 Å². The maximum atomic E-state index is 12.3. The lowest BCUT2D eigenvalue weighted by atomic mass is 10.2. The van der Waals surface area contributed by atoms with Crippen LogP contribution in [0.15, 0.2) is 15.5 Å². The first-order valence-electron chi connectivity index (χ1n) is 6.12. The van der Waals surface area contributed by atoms with Crippen LogP contribution in [-0.4, -0.2) is 22.1 Å². The van der Waals surface area contributed by atoms with Gasteiger partial charge < -0.3 is 9.15 Å². The molecule has 7 nitrogen and oxygen atoms in total. The highest BCUT2D eigenvalue weighted by Gasteiger charge is 2.23. The zero-order valence-electron chi connectivity index (χ0n) is 11.2. The molecule has 0 spiro atoms. The molecule has 0 fully saturated rings. The van der Waals surface area contributed by atoms with Crippen molar-refractivity contribution >= 4 is 17.1 Å². The predicted molar refractivity (Wildman–Crippen MR) is 69.2 cm³/mol. The lowest BCUT2D eigenvalue weighted by Crippen LogP contribution is -2.22. The Hall–Kier alpha value is -2.62. The normalized spacial score (nSPS) is 10.4. The average Bonchev–Trinajstić information content (AvgIpc) is 2.75. The van der Waals surface area contributed by atoms with Gasteiger partial charge in [0.1, 0.15) is 23.0 Å². The summed E-state index contributed by atoms with van der Waals surface area (Å²) in [6, 6.07) is 1.95. The Bertz CT molecular complexity index is 751. The Kier molecular flexibility index (Phi) is 3.84. The van der Waals surface area contributed by atoms with E-state index < -0.39 is 11.5 Å². The maximum Gasteiger partial charge on any atom is 0.342 e. The largest absolute Gasteiger partial charge is 0.462 e. The van der Waals surface area contributed by atoms with Crippen LogP contribution in [0, 0.1) is 18.3 Å². The lowest BCUT2D eigenvalue weighted by molar-refractivity contribution is 0.0526. The molecule has 0 saturated heterocycles. The van der Waals surface area contributed by atoms with Crippen molar-refractivity contribution in [3.05, 3.63) is 28.0 Å². The van der Waals surface area contributed by atoms with Gasteiger partial charge in [-0.1, -0.05) is 0 Å². The number of fused-ring (bicyclic) bond motifs is 1. The van der Waals surface area contributed by atoms with Crippen LogP contribution in [0.5, 0.6) is 0 Å². The molecule has 0 aromatic carbocycles.